The molecule has 1 aromatic heterocycles. The molecule has 0 spiro atoms. The van der Waals surface area contributed by atoms with Crippen molar-refractivity contribution in [1.29, 1.82) is 0 Å². The number of carbonyl (C=O) groups is 2. The summed E-state index contributed by atoms with van der Waals surface area (Å²) in [5.41, 5.74) is 3.55. The van der Waals surface area contributed by atoms with Crippen LogP contribution in [-0.4, -0.2) is 16.8 Å². The van der Waals surface area contributed by atoms with Crippen LogP contribution in [0.15, 0.2) is 73.1 Å². The van der Waals surface area contributed by atoms with Crippen molar-refractivity contribution in [1.82, 2.24) is 10.3 Å². The predicted molar refractivity (Wildman–Crippen MR) is 101 cm³/mol. The van der Waals surface area contributed by atoms with E-state index < -0.39 is 0 Å². The number of para-hydroxylation sites is 1. The molecule has 2 amide bonds. The number of anilines is 1. The molecule has 0 bridgehead atoms. The molecule has 0 radical (unpaired) electrons. The Labute approximate surface area is 152 Å². The van der Waals surface area contributed by atoms with Gasteiger partial charge in [-0.3, -0.25) is 14.6 Å². The number of aromatic nitrogens is 1. The Hall–Kier alpha value is -3.47. The molecule has 130 valence electrons. The molecule has 0 unspecified atom stereocenters. The fraction of sp³-hybridized carbons (Fsp3) is 0.0952. The lowest BCUT2D eigenvalue weighted by molar-refractivity contribution is 0.0952. The molecule has 0 atom stereocenters. The van der Waals surface area contributed by atoms with Crippen LogP contribution in [-0.2, 0) is 6.54 Å². The first-order chi connectivity index (χ1) is 12.6. The van der Waals surface area contributed by atoms with E-state index in [-0.39, 0.29) is 11.8 Å². The summed E-state index contributed by atoms with van der Waals surface area (Å²) in [6.45, 7) is 2.44. The van der Waals surface area contributed by atoms with E-state index >= 15 is 0 Å². The molecule has 0 saturated heterocycles. The van der Waals surface area contributed by atoms with E-state index in [9.17, 15) is 9.59 Å². The fourth-order valence-electron chi connectivity index (χ4n) is 2.47. The van der Waals surface area contributed by atoms with E-state index in [1.165, 1.54) is 5.56 Å². The Kier molecular flexibility index (Phi) is 5.39. The molecule has 0 saturated carbocycles. The first-order valence-electron chi connectivity index (χ1n) is 8.27. The van der Waals surface area contributed by atoms with Crippen molar-refractivity contribution in [3.8, 4) is 0 Å². The molecule has 1 heterocycles. The van der Waals surface area contributed by atoms with E-state index in [2.05, 4.69) is 15.6 Å². The topological polar surface area (TPSA) is 71.1 Å². The van der Waals surface area contributed by atoms with Crippen molar-refractivity contribution >= 4 is 17.5 Å². The van der Waals surface area contributed by atoms with Crippen molar-refractivity contribution < 1.29 is 9.59 Å². The number of carbonyl (C=O) groups excluding carboxylic acids is 2. The van der Waals surface area contributed by atoms with Gasteiger partial charge in [0.25, 0.3) is 11.8 Å². The molecular formula is C21H19N3O2. The normalized spacial score (nSPS) is 10.2. The minimum atomic E-state index is -0.286. The molecule has 26 heavy (non-hydrogen) atoms. The standard InChI is InChI=1S/C21H19N3O2/c1-15-6-8-16(9-7-15)14-23-21(26)18-4-2-3-5-19(18)24-20(25)17-10-12-22-13-11-17/h2-13H,14H2,1H3,(H,23,26)(H,24,25). The summed E-state index contributed by atoms with van der Waals surface area (Å²) in [5.74, 6) is -0.526. The van der Waals surface area contributed by atoms with Gasteiger partial charge in [0.15, 0.2) is 0 Å². The summed E-state index contributed by atoms with van der Waals surface area (Å²) < 4.78 is 0. The zero-order valence-electron chi connectivity index (χ0n) is 14.4. The molecule has 5 nitrogen and oxygen atoms in total. The molecule has 5 heteroatoms. The molecule has 0 aliphatic heterocycles. The Morgan fingerprint density at radius 3 is 2.31 bits per heavy atom. The molecule has 0 fully saturated rings. The van der Waals surface area contributed by atoms with Crippen LogP contribution in [0.25, 0.3) is 0 Å². The number of nitrogens with zero attached hydrogens (tertiary/aromatic N) is 1. The number of benzene rings is 2. The van der Waals surface area contributed by atoms with Gasteiger partial charge in [0.1, 0.15) is 0 Å². The van der Waals surface area contributed by atoms with Crippen LogP contribution in [0.3, 0.4) is 0 Å². The number of nitrogens with one attached hydrogen (secondary N) is 2. The lowest BCUT2D eigenvalue weighted by atomic mass is 10.1. The summed E-state index contributed by atoms with van der Waals surface area (Å²) in [5, 5.41) is 5.67. The van der Waals surface area contributed by atoms with Crippen molar-refractivity contribution in [2.75, 3.05) is 5.32 Å². The lowest BCUT2D eigenvalue weighted by Crippen LogP contribution is -2.24. The maximum absolute atomic E-state index is 12.6. The molecule has 3 rings (SSSR count). The minimum Gasteiger partial charge on any atom is -0.348 e. The van der Waals surface area contributed by atoms with Crippen molar-refractivity contribution in [3.05, 3.63) is 95.3 Å². The third kappa shape index (κ3) is 4.33. The first-order valence-corrected chi connectivity index (χ1v) is 8.27. The van der Waals surface area contributed by atoms with Crippen molar-refractivity contribution in [2.24, 2.45) is 0 Å². The van der Waals surface area contributed by atoms with Gasteiger partial charge in [0, 0.05) is 24.5 Å². The quantitative estimate of drug-likeness (QED) is 0.742. The second-order valence-corrected chi connectivity index (χ2v) is 5.90. The summed E-state index contributed by atoms with van der Waals surface area (Å²) in [6.07, 6.45) is 3.10. The van der Waals surface area contributed by atoms with Crippen molar-refractivity contribution in [3.63, 3.8) is 0 Å². The van der Waals surface area contributed by atoms with Crippen LogP contribution in [0.1, 0.15) is 31.8 Å². The molecule has 0 aliphatic carbocycles. The average molecular weight is 345 g/mol. The highest BCUT2D eigenvalue weighted by Gasteiger charge is 2.13. The number of hydrogen-bond donors (Lipinski definition) is 2. The Morgan fingerprint density at radius 2 is 1.58 bits per heavy atom. The monoisotopic (exact) mass is 345 g/mol. The Bertz CT molecular complexity index is 906. The van der Waals surface area contributed by atoms with E-state index in [0.717, 1.165) is 5.56 Å². The van der Waals surface area contributed by atoms with Crippen LogP contribution in [0, 0.1) is 6.92 Å². The van der Waals surface area contributed by atoms with Crippen LogP contribution >= 0.6 is 0 Å². The van der Waals surface area contributed by atoms with Crippen LogP contribution in [0.4, 0.5) is 5.69 Å². The van der Waals surface area contributed by atoms with Gasteiger partial charge in [-0.2, -0.15) is 0 Å². The van der Waals surface area contributed by atoms with E-state index in [0.29, 0.717) is 23.4 Å². The maximum Gasteiger partial charge on any atom is 0.255 e. The third-order valence-corrected chi connectivity index (χ3v) is 3.94. The van der Waals surface area contributed by atoms with Gasteiger partial charge < -0.3 is 10.6 Å². The fourth-order valence-corrected chi connectivity index (χ4v) is 2.47. The summed E-state index contributed by atoms with van der Waals surface area (Å²) in [7, 11) is 0. The van der Waals surface area contributed by atoms with E-state index in [4.69, 9.17) is 0 Å². The highest BCUT2D eigenvalue weighted by molar-refractivity contribution is 6.08. The molecule has 2 aromatic carbocycles. The van der Waals surface area contributed by atoms with E-state index in [1.54, 1.807) is 48.8 Å². The van der Waals surface area contributed by atoms with Gasteiger partial charge in [-0.1, -0.05) is 42.0 Å². The molecule has 0 aliphatic rings. The Balaban J connectivity index is 1.70. The summed E-state index contributed by atoms with van der Waals surface area (Å²) in [6, 6.07) is 18.1. The second-order valence-electron chi connectivity index (χ2n) is 5.90. The minimum absolute atomic E-state index is 0.240. The number of hydrogen-bond acceptors (Lipinski definition) is 3. The largest absolute Gasteiger partial charge is 0.348 e. The number of aryl methyl sites for hydroxylation is 1. The molecule has 2 N–H and O–H groups in total. The summed E-state index contributed by atoms with van der Waals surface area (Å²) >= 11 is 0. The van der Waals surface area contributed by atoms with Gasteiger partial charge in [-0.25, -0.2) is 0 Å². The van der Waals surface area contributed by atoms with Gasteiger partial charge in [0.2, 0.25) is 0 Å². The average Bonchev–Trinajstić information content (AvgIpc) is 2.68. The highest BCUT2D eigenvalue weighted by atomic mass is 16.2. The lowest BCUT2D eigenvalue weighted by Gasteiger charge is -2.11. The SMILES string of the molecule is Cc1ccc(CNC(=O)c2ccccc2NC(=O)c2ccncc2)cc1. The van der Waals surface area contributed by atoms with Gasteiger partial charge in [-0.15, -0.1) is 0 Å². The van der Waals surface area contributed by atoms with E-state index in [1.807, 2.05) is 31.2 Å². The predicted octanol–water partition coefficient (Wildman–Crippen LogP) is 3.57. The third-order valence-electron chi connectivity index (χ3n) is 3.94. The smallest absolute Gasteiger partial charge is 0.255 e. The van der Waals surface area contributed by atoms with Gasteiger partial charge in [-0.05, 0) is 36.8 Å². The molecule has 3 aromatic rings. The maximum atomic E-state index is 12.6. The second kappa shape index (κ2) is 8.07. The van der Waals surface area contributed by atoms with Crippen LogP contribution < -0.4 is 10.6 Å². The number of pyridine rings is 1. The van der Waals surface area contributed by atoms with Crippen LogP contribution in [0.5, 0.6) is 0 Å². The van der Waals surface area contributed by atoms with Gasteiger partial charge >= 0.3 is 0 Å². The number of rotatable bonds is 5. The van der Waals surface area contributed by atoms with Gasteiger partial charge in [0.05, 0.1) is 11.3 Å². The summed E-state index contributed by atoms with van der Waals surface area (Å²) in [4.78, 5) is 28.8. The highest BCUT2D eigenvalue weighted by Crippen LogP contribution is 2.16. The molecular weight excluding hydrogens is 326 g/mol. The van der Waals surface area contributed by atoms with Crippen LogP contribution in [0.2, 0.25) is 0 Å². The zero-order valence-corrected chi connectivity index (χ0v) is 14.4. The Morgan fingerprint density at radius 1 is 0.885 bits per heavy atom. The first kappa shape index (κ1) is 17.4. The number of amides is 2. The van der Waals surface area contributed by atoms with Crippen molar-refractivity contribution in [2.45, 2.75) is 13.5 Å². The zero-order chi connectivity index (χ0) is 18.4.